The summed E-state index contributed by atoms with van der Waals surface area (Å²) >= 11 is 0. The normalized spacial score (nSPS) is 19.1. The van der Waals surface area contributed by atoms with Crippen LogP contribution in [0.3, 0.4) is 0 Å². The molecular weight excluding hydrogens is 584 g/mol. The Hall–Kier alpha value is -4.65. The van der Waals surface area contributed by atoms with Crippen molar-refractivity contribution in [2.24, 2.45) is 0 Å². The van der Waals surface area contributed by atoms with E-state index in [1.54, 1.807) is 17.7 Å². The Morgan fingerprint density at radius 3 is 2.55 bits per heavy atom. The van der Waals surface area contributed by atoms with Crippen LogP contribution in [0.1, 0.15) is 41.4 Å². The molecule has 2 N–H and O–H groups in total. The van der Waals surface area contributed by atoms with Crippen molar-refractivity contribution >= 4 is 5.91 Å². The number of methoxy groups -OCH3 is 1. The summed E-state index contributed by atoms with van der Waals surface area (Å²) in [6.45, 7) is 0.522. The number of carbonyl (C=O) groups excluding carboxylic acids is 1. The van der Waals surface area contributed by atoms with Crippen molar-refractivity contribution in [2.45, 2.75) is 43.2 Å². The first-order valence-electron chi connectivity index (χ1n) is 13.8. The lowest BCUT2D eigenvalue weighted by Crippen LogP contribution is -2.51. The average Bonchev–Trinajstić information content (AvgIpc) is 3.50. The summed E-state index contributed by atoms with van der Waals surface area (Å²) in [7, 11) is 1.39. The van der Waals surface area contributed by atoms with Crippen molar-refractivity contribution in [1.82, 2.24) is 19.9 Å². The molecule has 1 amide bonds. The van der Waals surface area contributed by atoms with Crippen LogP contribution >= 0.6 is 0 Å². The molecule has 1 aliphatic carbocycles. The number of carbonyl (C=O) groups is 1. The quantitative estimate of drug-likeness (QED) is 0.257. The first kappa shape index (κ1) is 29.4. The highest BCUT2D eigenvalue weighted by atomic mass is 19.4. The number of fused-ring (bicyclic) bond motifs is 1. The third kappa shape index (κ3) is 5.21. The van der Waals surface area contributed by atoms with Gasteiger partial charge in [0.15, 0.2) is 17.2 Å². The molecule has 0 saturated heterocycles. The number of halogens is 4. The molecule has 3 heterocycles. The standard InChI is InChI=1S/C31H28F4N4O5/c1-29(39-12-11-36-17-39)16-43-27-22(29)14-25(38-26(27)18-3-6-20(32)7-4-18)30(41,31(33,34)35)15-37-28(40)19-5-10-23(24(13-19)42-2)44-21-8-9-21/h3-7,10-14,17,21,41H,8-9,15-16H2,1-2H3,(H,37,40)/t29-,30-/m0/s1. The third-order valence-electron chi connectivity index (χ3n) is 7.88. The second-order valence-corrected chi connectivity index (χ2v) is 11.0. The fourth-order valence-electron chi connectivity index (χ4n) is 5.07. The van der Waals surface area contributed by atoms with Gasteiger partial charge in [0, 0.05) is 29.1 Å². The SMILES string of the molecule is COc1cc(C(=O)NC[C@](O)(c2cc3c(c(-c4ccc(F)cc4)n2)OC[C@]3(C)n2ccnc2)C(F)(F)F)ccc1OC1CC1. The number of alkyl halides is 3. The lowest BCUT2D eigenvalue weighted by atomic mass is 9.88. The van der Waals surface area contributed by atoms with Gasteiger partial charge in [-0.25, -0.2) is 14.4 Å². The van der Waals surface area contributed by atoms with Gasteiger partial charge in [-0.1, -0.05) is 0 Å². The number of hydrogen-bond acceptors (Lipinski definition) is 7. The van der Waals surface area contributed by atoms with Crippen LogP contribution in [-0.2, 0) is 11.1 Å². The smallest absolute Gasteiger partial charge is 0.424 e. The van der Waals surface area contributed by atoms with Crippen molar-refractivity contribution in [3.63, 3.8) is 0 Å². The van der Waals surface area contributed by atoms with Gasteiger partial charge in [0.05, 0.1) is 31.8 Å². The van der Waals surface area contributed by atoms with Crippen LogP contribution in [-0.4, -0.2) is 58.1 Å². The van der Waals surface area contributed by atoms with E-state index in [1.165, 1.54) is 50.0 Å². The number of nitrogens with one attached hydrogen (secondary N) is 1. The molecule has 1 fully saturated rings. The van der Waals surface area contributed by atoms with E-state index in [-0.39, 0.29) is 41.0 Å². The predicted octanol–water partition coefficient (Wildman–Crippen LogP) is 4.97. The molecule has 6 rings (SSSR count). The van der Waals surface area contributed by atoms with Crippen LogP contribution in [0.5, 0.6) is 17.2 Å². The van der Waals surface area contributed by atoms with Gasteiger partial charge < -0.3 is 29.2 Å². The fraction of sp³-hybridized carbons (Fsp3) is 0.323. The zero-order valence-electron chi connectivity index (χ0n) is 23.7. The maximum absolute atomic E-state index is 14.8. The zero-order valence-corrected chi connectivity index (χ0v) is 23.7. The van der Waals surface area contributed by atoms with E-state index in [4.69, 9.17) is 14.2 Å². The summed E-state index contributed by atoms with van der Waals surface area (Å²) < 4.78 is 76.8. The second-order valence-electron chi connectivity index (χ2n) is 11.0. The van der Waals surface area contributed by atoms with Gasteiger partial charge in [-0.05, 0) is 68.3 Å². The van der Waals surface area contributed by atoms with E-state index in [2.05, 4.69) is 15.3 Å². The van der Waals surface area contributed by atoms with E-state index >= 15 is 0 Å². The van der Waals surface area contributed by atoms with Crippen molar-refractivity contribution in [3.05, 3.63) is 89.9 Å². The molecule has 230 valence electrons. The van der Waals surface area contributed by atoms with Crippen LogP contribution < -0.4 is 19.5 Å². The average molecular weight is 613 g/mol. The molecule has 1 aliphatic heterocycles. The number of aliphatic hydroxyl groups is 1. The zero-order chi connectivity index (χ0) is 31.3. The Bertz CT molecular complexity index is 1690. The van der Waals surface area contributed by atoms with Gasteiger partial charge in [-0.2, -0.15) is 13.2 Å². The fourth-order valence-corrected chi connectivity index (χ4v) is 5.07. The highest BCUT2D eigenvalue weighted by Gasteiger charge is 2.57. The molecular formula is C31H28F4N4O5. The summed E-state index contributed by atoms with van der Waals surface area (Å²) in [6.07, 6.45) is 1.25. The topological polar surface area (TPSA) is 108 Å². The second kappa shape index (κ2) is 10.8. The van der Waals surface area contributed by atoms with Crippen LogP contribution in [0.15, 0.2) is 67.3 Å². The largest absolute Gasteiger partial charge is 0.493 e. The molecule has 9 nitrogen and oxygen atoms in total. The Labute approximate surface area is 249 Å². The molecule has 2 aromatic heterocycles. The Morgan fingerprint density at radius 1 is 1.16 bits per heavy atom. The third-order valence-corrected chi connectivity index (χ3v) is 7.88. The summed E-state index contributed by atoms with van der Waals surface area (Å²) in [5, 5.41) is 13.6. The maximum atomic E-state index is 14.8. The molecule has 0 spiro atoms. The minimum Gasteiger partial charge on any atom is -0.493 e. The summed E-state index contributed by atoms with van der Waals surface area (Å²) in [5.74, 6) is -0.582. The first-order chi connectivity index (χ1) is 20.9. The molecule has 2 aliphatic rings. The number of amides is 1. The van der Waals surface area contributed by atoms with Gasteiger partial charge in [-0.15, -0.1) is 0 Å². The monoisotopic (exact) mass is 612 g/mol. The number of pyridine rings is 1. The van der Waals surface area contributed by atoms with Gasteiger partial charge in [0.1, 0.15) is 23.7 Å². The number of aromatic nitrogens is 3. The van der Waals surface area contributed by atoms with E-state index in [0.717, 1.165) is 31.0 Å². The van der Waals surface area contributed by atoms with Crippen LogP contribution in [0.4, 0.5) is 17.6 Å². The molecule has 2 aromatic carbocycles. The Morgan fingerprint density at radius 2 is 1.91 bits per heavy atom. The number of ether oxygens (including phenoxy) is 3. The maximum Gasteiger partial charge on any atom is 0.424 e. The highest BCUT2D eigenvalue weighted by molar-refractivity contribution is 5.95. The molecule has 2 atom stereocenters. The Balaban J connectivity index is 1.39. The van der Waals surface area contributed by atoms with Crippen molar-refractivity contribution < 1.29 is 41.7 Å². The molecule has 13 heteroatoms. The lowest BCUT2D eigenvalue weighted by molar-refractivity contribution is -0.265. The van der Waals surface area contributed by atoms with Gasteiger partial charge in [0.2, 0.25) is 5.60 Å². The van der Waals surface area contributed by atoms with Gasteiger partial charge in [-0.3, -0.25) is 4.79 Å². The minimum atomic E-state index is -5.27. The summed E-state index contributed by atoms with van der Waals surface area (Å²) in [5.41, 5.74) is -4.86. The molecule has 0 bridgehead atoms. The van der Waals surface area contributed by atoms with Gasteiger partial charge >= 0.3 is 6.18 Å². The van der Waals surface area contributed by atoms with Crippen LogP contribution in [0.2, 0.25) is 0 Å². The number of rotatable bonds is 9. The number of nitrogens with zero attached hydrogens (tertiary/aromatic N) is 3. The van der Waals surface area contributed by atoms with E-state index < -0.39 is 41.3 Å². The highest BCUT2D eigenvalue weighted by Crippen LogP contribution is 2.48. The summed E-state index contributed by atoms with van der Waals surface area (Å²) in [4.78, 5) is 21.3. The molecule has 0 unspecified atom stereocenters. The molecule has 1 saturated carbocycles. The number of hydrogen-bond donors (Lipinski definition) is 2. The van der Waals surface area contributed by atoms with Crippen molar-refractivity contribution in [2.75, 3.05) is 20.3 Å². The number of benzene rings is 2. The molecule has 0 radical (unpaired) electrons. The molecule has 4 aromatic rings. The van der Waals surface area contributed by atoms with Crippen molar-refractivity contribution in [1.29, 1.82) is 0 Å². The van der Waals surface area contributed by atoms with E-state index in [0.29, 0.717) is 11.3 Å². The minimum absolute atomic E-state index is 0.00418. The van der Waals surface area contributed by atoms with Crippen LogP contribution in [0.25, 0.3) is 11.3 Å². The number of imidazole rings is 1. The van der Waals surface area contributed by atoms with E-state index in [9.17, 15) is 27.5 Å². The van der Waals surface area contributed by atoms with Gasteiger partial charge in [0.25, 0.3) is 5.91 Å². The Kier molecular flexibility index (Phi) is 7.23. The lowest BCUT2D eigenvalue weighted by Gasteiger charge is -2.32. The summed E-state index contributed by atoms with van der Waals surface area (Å²) in [6, 6.07) is 10.4. The van der Waals surface area contributed by atoms with Crippen molar-refractivity contribution in [3.8, 4) is 28.5 Å². The predicted molar refractivity (Wildman–Crippen MR) is 149 cm³/mol. The van der Waals surface area contributed by atoms with Crippen LogP contribution in [0, 0.1) is 5.82 Å². The molecule has 44 heavy (non-hydrogen) atoms. The van der Waals surface area contributed by atoms with E-state index in [1.807, 2.05) is 0 Å². The first-order valence-corrected chi connectivity index (χ1v) is 13.8.